The molecular formula is C50H44O8. The van der Waals surface area contributed by atoms with Gasteiger partial charge in [-0.05, 0) is 82.9 Å². The van der Waals surface area contributed by atoms with Crippen molar-refractivity contribution in [3.05, 3.63) is 155 Å². The Balaban J connectivity index is 1.26. The van der Waals surface area contributed by atoms with Crippen LogP contribution in [0.4, 0.5) is 0 Å². The van der Waals surface area contributed by atoms with E-state index in [4.69, 9.17) is 37.9 Å². The van der Waals surface area contributed by atoms with Crippen LogP contribution in [0.2, 0.25) is 0 Å². The van der Waals surface area contributed by atoms with E-state index in [0.717, 1.165) is 33.4 Å². The van der Waals surface area contributed by atoms with Crippen molar-refractivity contribution in [3.8, 4) is 81.2 Å². The molecule has 6 aromatic carbocycles. The smallest absolute Gasteiger partial charge is 0.211 e. The molecule has 0 saturated heterocycles. The summed E-state index contributed by atoms with van der Waals surface area (Å²) in [4.78, 5) is 0. The van der Waals surface area contributed by atoms with Gasteiger partial charge in [0, 0.05) is 36.8 Å². The van der Waals surface area contributed by atoms with Crippen molar-refractivity contribution in [1.29, 1.82) is 0 Å². The van der Waals surface area contributed by atoms with Gasteiger partial charge in [0.25, 0.3) is 0 Å². The first-order valence-corrected chi connectivity index (χ1v) is 18.9. The van der Waals surface area contributed by atoms with Crippen molar-refractivity contribution >= 4 is 0 Å². The first kappa shape index (κ1) is 39.1. The van der Waals surface area contributed by atoms with Crippen LogP contribution in [0.1, 0.15) is 33.4 Å². The molecule has 6 aromatic rings. The van der Waals surface area contributed by atoms with Crippen molar-refractivity contribution in [3.63, 3.8) is 0 Å². The minimum atomic E-state index is 0.412. The van der Waals surface area contributed by atoms with E-state index in [2.05, 4.69) is 23.7 Å². The van der Waals surface area contributed by atoms with E-state index in [1.807, 2.05) is 121 Å². The molecule has 0 radical (unpaired) electrons. The van der Waals surface area contributed by atoms with Crippen LogP contribution in [0.25, 0.3) is 0 Å². The van der Waals surface area contributed by atoms with E-state index in [9.17, 15) is 0 Å². The van der Waals surface area contributed by atoms with Crippen molar-refractivity contribution < 1.29 is 37.9 Å². The largest absolute Gasteiger partial charge is 0.493 e. The minimum absolute atomic E-state index is 0.412. The molecule has 4 aliphatic rings. The summed E-state index contributed by atoms with van der Waals surface area (Å²) in [6, 6.07) is 39.2. The minimum Gasteiger partial charge on any atom is -0.493 e. The lowest BCUT2D eigenvalue weighted by molar-refractivity contribution is 0.302. The number of methoxy groups -OCH3 is 4. The lowest BCUT2D eigenvalue weighted by Gasteiger charge is -2.17. The monoisotopic (exact) mass is 772 g/mol. The summed E-state index contributed by atoms with van der Waals surface area (Å²) in [6.07, 6.45) is 1.72. The highest BCUT2D eigenvalue weighted by atomic mass is 16.5. The lowest BCUT2D eigenvalue weighted by Crippen LogP contribution is -2.01. The second kappa shape index (κ2) is 19.1. The average molecular weight is 773 g/mol. The van der Waals surface area contributed by atoms with E-state index >= 15 is 0 Å². The van der Waals surface area contributed by atoms with Crippen molar-refractivity contribution in [2.75, 3.05) is 28.4 Å². The van der Waals surface area contributed by atoms with E-state index in [1.54, 1.807) is 28.4 Å². The zero-order chi connectivity index (χ0) is 40.1. The van der Waals surface area contributed by atoms with Gasteiger partial charge in [-0.3, -0.25) is 0 Å². The highest BCUT2D eigenvalue weighted by Gasteiger charge is 2.19. The maximum atomic E-state index is 6.49. The van der Waals surface area contributed by atoms with E-state index in [0.29, 0.717) is 96.4 Å². The summed E-state index contributed by atoms with van der Waals surface area (Å²) in [7, 11) is 6.44. The van der Waals surface area contributed by atoms with Gasteiger partial charge in [-0.1, -0.05) is 84.3 Å². The van der Waals surface area contributed by atoms with Gasteiger partial charge in [-0.25, -0.2) is 0 Å². The summed E-state index contributed by atoms with van der Waals surface area (Å²) in [6.45, 7) is 0.823. The Bertz CT molecular complexity index is 2250. The zero-order valence-corrected chi connectivity index (χ0v) is 33.1. The molecule has 0 atom stereocenters. The Morgan fingerprint density at radius 1 is 0.414 bits per heavy atom. The predicted octanol–water partition coefficient (Wildman–Crippen LogP) is 10.4. The predicted molar refractivity (Wildman–Crippen MR) is 224 cm³/mol. The molecule has 0 saturated carbocycles. The fraction of sp³-hybridized carbons (Fsp3) is 0.200. The zero-order valence-electron chi connectivity index (χ0n) is 33.1. The summed E-state index contributed by atoms with van der Waals surface area (Å²) in [5, 5.41) is 0. The van der Waals surface area contributed by atoms with Crippen LogP contribution in [0.3, 0.4) is 0 Å². The SMILES string of the molecule is COc1cc2cc(OC)c1Oc1ccc(OCc3ccccc3)c(c1)CC#CCc1cc(OC)c(c(OC)c1)Oc1ccc(OCc3ccccc3)c(c1)CC#CC2. The van der Waals surface area contributed by atoms with Crippen LogP contribution >= 0.6 is 0 Å². The van der Waals surface area contributed by atoms with Gasteiger partial charge in [0.15, 0.2) is 23.0 Å². The standard InChI is InChI=1S/C50H44O8/c1-51-45-27-37-19-11-13-21-40-32-42(24-26-44(40)56-34-36-17-9-6-10-18-36)58-50-47(53-3)29-38(30-48(50)54-4)20-12-14-22-39-31-41(57-49(45)46(28-37)52-2)23-25-43(39)55-33-35-15-7-5-8-16-35/h5-10,15-18,23-32H,19-22,33-34H2,1-4H3. The van der Waals surface area contributed by atoms with Gasteiger partial charge < -0.3 is 37.9 Å². The third-order valence-corrected chi connectivity index (χ3v) is 9.41. The maximum Gasteiger partial charge on any atom is 0.211 e. The molecule has 0 N–H and O–H groups in total. The fourth-order valence-corrected chi connectivity index (χ4v) is 6.42. The number of rotatable bonds is 10. The molecule has 4 heterocycles. The van der Waals surface area contributed by atoms with Crippen molar-refractivity contribution in [2.45, 2.75) is 38.9 Å². The molecule has 0 spiro atoms. The quantitative estimate of drug-likeness (QED) is 0.128. The highest BCUT2D eigenvalue weighted by molar-refractivity contribution is 5.58. The molecule has 292 valence electrons. The summed E-state index contributed by atoms with van der Waals surface area (Å²) in [5.74, 6) is 18.9. The first-order chi connectivity index (χ1) is 28.5. The Hall–Kier alpha value is -7.16. The summed E-state index contributed by atoms with van der Waals surface area (Å²) in [5.41, 5.74) is 5.68. The van der Waals surface area contributed by atoms with Gasteiger partial charge in [0.1, 0.15) is 36.2 Å². The Morgan fingerprint density at radius 3 is 1.14 bits per heavy atom. The average Bonchev–Trinajstić information content (AvgIpc) is 3.26. The van der Waals surface area contributed by atoms with Crippen LogP contribution < -0.4 is 37.9 Å². The molecule has 0 fully saturated rings. The van der Waals surface area contributed by atoms with Crippen LogP contribution in [0.15, 0.2) is 121 Å². The third-order valence-electron chi connectivity index (χ3n) is 9.41. The Labute approximate surface area is 340 Å². The van der Waals surface area contributed by atoms with Gasteiger partial charge >= 0.3 is 0 Å². The summed E-state index contributed by atoms with van der Waals surface area (Å²) < 4.78 is 48.9. The molecule has 0 unspecified atom stereocenters. The fourth-order valence-electron chi connectivity index (χ4n) is 6.42. The Morgan fingerprint density at radius 2 is 0.776 bits per heavy atom. The molecule has 10 rings (SSSR count). The second-order valence-electron chi connectivity index (χ2n) is 13.4. The molecular weight excluding hydrogens is 729 g/mol. The molecule has 8 bridgehead atoms. The molecule has 4 aliphatic heterocycles. The number of hydrogen-bond acceptors (Lipinski definition) is 8. The lowest BCUT2D eigenvalue weighted by atomic mass is 10.1. The second-order valence-corrected chi connectivity index (χ2v) is 13.4. The Kier molecular flexibility index (Phi) is 12.9. The topological polar surface area (TPSA) is 73.8 Å². The van der Waals surface area contributed by atoms with E-state index in [-0.39, 0.29) is 0 Å². The van der Waals surface area contributed by atoms with E-state index < -0.39 is 0 Å². The third kappa shape index (κ3) is 9.79. The molecule has 0 aromatic heterocycles. The van der Waals surface area contributed by atoms with E-state index in [1.165, 1.54) is 0 Å². The molecule has 0 aliphatic carbocycles. The van der Waals surface area contributed by atoms with Crippen LogP contribution in [-0.2, 0) is 38.9 Å². The van der Waals surface area contributed by atoms with Crippen LogP contribution in [0, 0.1) is 23.7 Å². The van der Waals surface area contributed by atoms with Gasteiger partial charge in [-0.2, -0.15) is 0 Å². The van der Waals surface area contributed by atoms with Crippen LogP contribution in [-0.4, -0.2) is 28.4 Å². The number of benzene rings is 6. The molecule has 0 amide bonds. The molecule has 8 heteroatoms. The summed E-state index contributed by atoms with van der Waals surface area (Å²) >= 11 is 0. The highest BCUT2D eigenvalue weighted by Crippen LogP contribution is 2.44. The van der Waals surface area contributed by atoms with Crippen LogP contribution in [0.5, 0.6) is 57.5 Å². The van der Waals surface area contributed by atoms with Crippen molar-refractivity contribution in [2.24, 2.45) is 0 Å². The maximum absolute atomic E-state index is 6.49. The molecule has 8 nitrogen and oxygen atoms in total. The first-order valence-electron chi connectivity index (χ1n) is 18.9. The molecule has 58 heavy (non-hydrogen) atoms. The van der Waals surface area contributed by atoms with Gasteiger partial charge in [0.2, 0.25) is 11.5 Å². The normalized spacial score (nSPS) is 11.9. The number of hydrogen-bond donors (Lipinski definition) is 0. The number of ether oxygens (including phenoxy) is 8. The van der Waals surface area contributed by atoms with Gasteiger partial charge in [0.05, 0.1) is 28.4 Å². The van der Waals surface area contributed by atoms with Crippen molar-refractivity contribution in [1.82, 2.24) is 0 Å². The van der Waals surface area contributed by atoms with Gasteiger partial charge in [-0.15, -0.1) is 0 Å².